The van der Waals surface area contributed by atoms with Gasteiger partial charge in [-0.1, -0.05) is 47.0 Å². The molecule has 1 aliphatic carbocycles. The van der Waals surface area contributed by atoms with Crippen molar-refractivity contribution in [3.05, 3.63) is 0 Å². The molecule has 4 atom stereocenters. The van der Waals surface area contributed by atoms with E-state index in [-0.39, 0.29) is 0 Å². The van der Waals surface area contributed by atoms with Gasteiger partial charge in [0, 0.05) is 0 Å². The molecule has 1 saturated carbocycles. The summed E-state index contributed by atoms with van der Waals surface area (Å²) in [5.41, 5.74) is 0. The van der Waals surface area contributed by atoms with E-state index in [1.807, 2.05) is 0 Å². The number of rotatable bonds is 2. The van der Waals surface area contributed by atoms with Gasteiger partial charge in [-0.15, -0.1) is 0 Å². The van der Waals surface area contributed by atoms with Gasteiger partial charge in [0.15, 0.2) is 0 Å². The van der Waals surface area contributed by atoms with Gasteiger partial charge in [0.2, 0.25) is 0 Å². The molecule has 1 rings (SSSR count). The first kappa shape index (κ1) is 11.1. The maximum absolute atomic E-state index is 2.47. The average molecular weight is 182 g/mol. The Bertz CT molecular complexity index is 139. The quantitative estimate of drug-likeness (QED) is 0.552. The standard InChI is InChI=1S/C13H26/c1-5-12-8-7-10(3)13(6-2)9-11(12)4/h10-13H,5-9H2,1-4H3. The molecule has 0 amide bonds. The predicted molar refractivity (Wildman–Crippen MR) is 59.7 cm³/mol. The molecule has 4 unspecified atom stereocenters. The molecule has 0 N–H and O–H groups in total. The van der Waals surface area contributed by atoms with E-state index in [1.54, 1.807) is 0 Å². The third kappa shape index (κ3) is 2.72. The third-order valence-corrected chi connectivity index (χ3v) is 4.33. The van der Waals surface area contributed by atoms with Crippen molar-refractivity contribution in [3.8, 4) is 0 Å². The van der Waals surface area contributed by atoms with E-state index in [9.17, 15) is 0 Å². The molecule has 78 valence electrons. The zero-order valence-electron chi connectivity index (χ0n) is 9.84. The molecule has 0 heteroatoms. The lowest BCUT2D eigenvalue weighted by molar-refractivity contribution is 0.279. The Balaban J connectivity index is 2.56. The van der Waals surface area contributed by atoms with Crippen LogP contribution in [0.3, 0.4) is 0 Å². The summed E-state index contributed by atoms with van der Waals surface area (Å²) in [4.78, 5) is 0. The fourth-order valence-corrected chi connectivity index (χ4v) is 3.08. The van der Waals surface area contributed by atoms with Crippen LogP contribution in [0.15, 0.2) is 0 Å². The molecule has 1 aliphatic rings. The largest absolute Gasteiger partial charge is 0.0651 e. The molecule has 0 bridgehead atoms. The van der Waals surface area contributed by atoms with Crippen molar-refractivity contribution in [2.45, 2.75) is 59.8 Å². The minimum absolute atomic E-state index is 0.972. The van der Waals surface area contributed by atoms with Gasteiger partial charge >= 0.3 is 0 Å². The van der Waals surface area contributed by atoms with Gasteiger partial charge < -0.3 is 0 Å². The Morgan fingerprint density at radius 2 is 1.46 bits per heavy atom. The Kier molecular flexibility index (Phi) is 4.28. The first-order valence-electron chi connectivity index (χ1n) is 6.19. The Morgan fingerprint density at radius 3 is 2.00 bits per heavy atom. The van der Waals surface area contributed by atoms with Crippen molar-refractivity contribution < 1.29 is 0 Å². The van der Waals surface area contributed by atoms with Crippen LogP contribution in [0.5, 0.6) is 0 Å². The zero-order valence-corrected chi connectivity index (χ0v) is 9.84. The third-order valence-electron chi connectivity index (χ3n) is 4.33. The fraction of sp³-hybridized carbons (Fsp3) is 1.00. The van der Waals surface area contributed by atoms with Gasteiger partial charge in [0.25, 0.3) is 0 Å². The highest BCUT2D eigenvalue weighted by Crippen LogP contribution is 2.38. The summed E-state index contributed by atoms with van der Waals surface area (Å²) >= 11 is 0. The van der Waals surface area contributed by atoms with Gasteiger partial charge in [-0.05, 0) is 36.5 Å². The molecule has 0 radical (unpaired) electrons. The smallest absolute Gasteiger partial charge is 0.0388 e. The first-order valence-corrected chi connectivity index (χ1v) is 6.19. The summed E-state index contributed by atoms with van der Waals surface area (Å²) < 4.78 is 0. The van der Waals surface area contributed by atoms with Crippen molar-refractivity contribution in [2.75, 3.05) is 0 Å². The lowest BCUT2D eigenvalue weighted by Crippen LogP contribution is -2.13. The second kappa shape index (κ2) is 5.02. The summed E-state index contributed by atoms with van der Waals surface area (Å²) in [6, 6.07) is 0. The molecule has 0 aliphatic heterocycles. The van der Waals surface area contributed by atoms with Gasteiger partial charge in [0.05, 0.1) is 0 Å². The predicted octanol–water partition coefficient (Wildman–Crippen LogP) is 4.49. The van der Waals surface area contributed by atoms with E-state index in [4.69, 9.17) is 0 Å². The Hall–Kier alpha value is 0. The number of hydrogen-bond donors (Lipinski definition) is 0. The van der Waals surface area contributed by atoms with Gasteiger partial charge in [-0.3, -0.25) is 0 Å². The maximum atomic E-state index is 2.47. The van der Waals surface area contributed by atoms with E-state index in [0.717, 1.165) is 23.7 Å². The highest BCUT2D eigenvalue weighted by molar-refractivity contribution is 4.78. The lowest BCUT2D eigenvalue weighted by Gasteiger charge is -2.22. The van der Waals surface area contributed by atoms with Crippen molar-refractivity contribution in [3.63, 3.8) is 0 Å². The normalized spacial score (nSPS) is 41.5. The number of hydrogen-bond acceptors (Lipinski definition) is 0. The topological polar surface area (TPSA) is 0 Å². The van der Waals surface area contributed by atoms with Crippen LogP contribution in [0.4, 0.5) is 0 Å². The van der Waals surface area contributed by atoms with E-state index in [0.29, 0.717) is 0 Å². The molecule has 0 aromatic heterocycles. The maximum Gasteiger partial charge on any atom is -0.0388 e. The van der Waals surface area contributed by atoms with Crippen LogP contribution < -0.4 is 0 Å². The van der Waals surface area contributed by atoms with Crippen LogP contribution in [-0.4, -0.2) is 0 Å². The van der Waals surface area contributed by atoms with Crippen molar-refractivity contribution >= 4 is 0 Å². The fourth-order valence-electron chi connectivity index (χ4n) is 3.08. The van der Waals surface area contributed by atoms with Crippen molar-refractivity contribution in [2.24, 2.45) is 23.7 Å². The van der Waals surface area contributed by atoms with E-state index >= 15 is 0 Å². The Labute approximate surface area is 84.1 Å². The highest BCUT2D eigenvalue weighted by atomic mass is 14.3. The van der Waals surface area contributed by atoms with Gasteiger partial charge in [-0.2, -0.15) is 0 Å². The van der Waals surface area contributed by atoms with Crippen molar-refractivity contribution in [1.82, 2.24) is 0 Å². The molecule has 0 saturated heterocycles. The van der Waals surface area contributed by atoms with Crippen LogP contribution in [0.25, 0.3) is 0 Å². The average Bonchev–Trinajstić information content (AvgIpc) is 2.26. The summed E-state index contributed by atoms with van der Waals surface area (Å²) in [5, 5.41) is 0. The molecule has 0 aromatic carbocycles. The van der Waals surface area contributed by atoms with Gasteiger partial charge in [-0.25, -0.2) is 0 Å². The molecule has 0 nitrogen and oxygen atoms in total. The molecule has 0 aromatic rings. The Morgan fingerprint density at radius 1 is 0.846 bits per heavy atom. The molecular formula is C13H26. The van der Waals surface area contributed by atoms with Crippen LogP contribution in [0.2, 0.25) is 0 Å². The monoisotopic (exact) mass is 182 g/mol. The second-order valence-electron chi connectivity index (χ2n) is 5.10. The molecule has 0 heterocycles. The second-order valence-corrected chi connectivity index (χ2v) is 5.10. The first-order chi connectivity index (χ1) is 6.19. The summed E-state index contributed by atoms with van der Waals surface area (Å²) in [6.45, 7) is 9.64. The summed E-state index contributed by atoms with van der Waals surface area (Å²) in [6.07, 6.45) is 7.22. The summed E-state index contributed by atoms with van der Waals surface area (Å²) in [5.74, 6) is 3.97. The molecule has 0 spiro atoms. The van der Waals surface area contributed by atoms with E-state index < -0.39 is 0 Å². The molecular weight excluding hydrogens is 156 g/mol. The molecule has 1 fully saturated rings. The van der Waals surface area contributed by atoms with E-state index in [1.165, 1.54) is 32.1 Å². The van der Waals surface area contributed by atoms with E-state index in [2.05, 4.69) is 27.7 Å². The van der Waals surface area contributed by atoms with Crippen molar-refractivity contribution in [1.29, 1.82) is 0 Å². The van der Waals surface area contributed by atoms with Crippen LogP contribution in [0, 0.1) is 23.7 Å². The minimum atomic E-state index is 0.972. The van der Waals surface area contributed by atoms with Gasteiger partial charge in [0.1, 0.15) is 0 Å². The minimum Gasteiger partial charge on any atom is -0.0651 e. The summed E-state index contributed by atoms with van der Waals surface area (Å²) in [7, 11) is 0. The van der Waals surface area contributed by atoms with Crippen LogP contribution in [-0.2, 0) is 0 Å². The lowest BCUT2D eigenvalue weighted by atomic mass is 9.83. The van der Waals surface area contributed by atoms with Crippen LogP contribution in [0.1, 0.15) is 59.8 Å². The highest BCUT2D eigenvalue weighted by Gasteiger charge is 2.27. The molecule has 13 heavy (non-hydrogen) atoms. The van der Waals surface area contributed by atoms with Crippen LogP contribution >= 0.6 is 0 Å². The SMILES string of the molecule is CCC1CCC(C)C(CC)CC1C. The zero-order chi connectivity index (χ0) is 9.84.